The highest BCUT2D eigenvalue weighted by molar-refractivity contribution is 7.92. The van der Waals surface area contributed by atoms with Gasteiger partial charge in [-0.3, -0.25) is 4.79 Å². The maximum absolute atomic E-state index is 11.5. The van der Waals surface area contributed by atoms with Crippen molar-refractivity contribution >= 4 is 27.4 Å². The van der Waals surface area contributed by atoms with Gasteiger partial charge in [-0.2, -0.15) is 0 Å². The Hall–Kier alpha value is -1.89. The van der Waals surface area contributed by atoms with Crippen molar-refractivity contribution in [3.8, 4) is 0 Å². The van der Waals surface area contributed by atoms with Crippen LogP contribution in [0.25, 0.3) is 0 Å². The number of hydrogen-bond acceptors (Lipinski definition) is 4. The van der Waals surface area contributed by atoms with Crippen LogP contribution in [-0.2, 0) is 14.6 Å². The lowest BCUT2D eigenvalue weighted by Crippen LogP contribution is -2.24. The van der Waals surface area contributed by atoms with Crippen LogP contribution in [0.2, 0.25) is 0 Å². The zero-order valence-electron chi connectivity index (χ0n) is 10.4. The van der Waals surface area contributed by atoms with Gasteiger partial charge in [0.2, 0.25) is 5.91 Å². The molecule has 1 rings (SSSR count). The topological polar surface area (TPSA) is 101 Å². The summed E-state index contributed by atoms with van der Waals surface area (Å²) in [5, 5.41) is 11.1. The van der Waals surface area contributed by atoms with E-state index in [1.165, 1.54) is 24.3 Å². The number of amides is 1. The highest BCUT2D eigenvalue weighted by atomic mass is 32.2. The number of carbonyl (C=O) groups is 2. The summed E-state index contributed by atoms with van der Waals surface area (Å²) in [5.74, 6) is -2.29. The molecule has 0 aliphatic heterocycles. The van der Waals surface area contributed by atoms with E-state index in [1.807, 2.05) is 0 Å². The van der Waals surface area contributed by atoms with Crippen LogP contribution in [0.15, 0.2) is 24.3 Å². The molecule has 0 aromatic heterocycles. The molecule has 1 aromatic carbocycles. The van der Waals surface area contributed by atoms with Crippen LogP contribution in [0, 0.1) is 0 Å². The number of sulfone groups is 1. The van der Waals surface area contributed by atoms with Gasteiger partial charge in [0, 0.05) is 5.69 Å². The molecule has 0 bridgehead atoms. The van der Waals surface area contributed by atoms with Gasteiger partial charge in [0.15, 0.2) is 9.84 Å². The van der Waals surface area contributed by atoms with Crippen LogP contribution in [0.5, 0.6) is 0 Å². The van der Waals surface area contributed by atoms with Crippen molar-refractivity contribution in [3.05, 3.63) is 29.8 Å². The number of carboxylic acids is 1. The molecule has 2 N–H and O–H groups in total. The van der Waals surface area contributed by atoms with Gasteiger partial charge >= 0.3 is 5.97 Å². The Morgan fingerprint density at radius 1 is 1.21 bits per heavy atom. The van der Waals surface area contributed by atoms with Crippen molar-refractivity contribution in [1.29, 1.82) is 0 Å². The lowest BCUT2D eigenvalue weighted by molar-refractivity contribution is -0.113. The third kappa shape index (κ3) is 5.09. The summed E-state index contributed by atoms with van der Waals surface area (Å²) in [6, 6.07) is 5.48. The number of benzene rings is 1. The van der Waals surface area contributed by atoms with Crippen molar-refractivity contribution in [3.63, 3.8) is 0 Å². The lowest BCUT2D eigenvalue weighted by Gasteiger charge is -2.06. The van der Waals surface area contributed by atoms with E-state index in [-0.39, 0.29) is 11.3 Å². The fraction of sp³-hybridized carbons (Fsp3) is 0.333. The Kier molecular flexibility index (Phi) is 5.05. The molecule has 0 saturated carbocycles. The highest BCUT2D eigenvalue weighted by Gasteiger charge is 2.15. The SMILES string of the molecule is CCCS(=O)(=O)CC(=O)Nc1ccc(C(=O)O)cc1. The van der Waals surface area contributed by atoms with Crippen molar-refractivity contribution in [2.75, 3.05) is 16.8 Å². The molecule has 0 heterocycles. The molecule has 6 nitrogen and oxygen atoms in total. The molecule has 0 fully saturated rings. The van der Waals surface area contributed by atoms with Crippen LogP contribution < -0.4 is 5.32 Å². The maximum atomic E-state index is 11.5. The summed E-state index contributed by atoms with van der Waals surface area (Å²) < 4.78 is 22.9. The summed E-state index contributed by atoms with van der Waals surface area (Å²) in [7, 11) is -3.38. The molecule has 0 saturated heterocycles. The van der Waals surface area contributed by atoms with Crippen molar-refractivity contribution < 1.29 is 23.1 Å². The minimum atomic E-state index is -3.38. The minimum absolute atomic E-state index is 0.0294. The van der Waals surface area contributed by atoms with E-state index in [1.54, 1.807) is 6.92 Å². The van der Waals surface area contributed by atoms with Crippen LogP contribution >= 0.6 is 0 Å². The average Bonchev–Trinajstić information content (AvgIpc) is 2.28. The molecule has 0 unspecified atom stereocenters. The molecule has 0 radical (unpaired) electrons. The van der Waals surface area contributed by atoms with E-state index in [4.69, 9.17) is 5.11 Å². The Balaban J connectivity index is 2.65. The minimum Gasteiger partial charge on any atom is -0.478 e. The number of anilines is 1. The van der Waals surface area contributed by atoms with Crippen molar-refractivity contribution in [2.45, 2.75) is 13.3 Å². The zero-order valence-corrected chi connectivity index (χ0v) is 11.2. The number of aromatic carboxylic acids is 1. The molecule has 0 aliphatic rings. The third-order valence-electron chi connectivity index (χ3n) is 2.28. The highest BCUT2D eigenvalue weighted by Crippen LogP contribution is 2.09. The van der Waals surface area contributed by atoms with E-state index < -0.39 is 27.5 Å². The number of rotatable bonds is 6. The Labute approximate surface area is 111 Å². The average molecular weight is 285 g/mol. The first kappa shape index (κ1) is 15.2. The van der Waals surface area contributed by atoms with Crippen LogP contribution in [-0.4, -0.2) is 36.9 Å². The summed E-state index contributed by atoms with van der Waals surface area (Å²) in [5.41, 5.74) is 0.457. The summed E-state index contributed by atoms with van der Waals surface area (Å²) in [6.45, 7) is 1.72. The van der Waals surface area contributed by atoms with Crippen LogP contribution in [0.1, 0.15) is 23.7 Å². The molecule has 0 aliphatic carbocycles. The second-order valence-corrected chi connectivity index (χ2v) is 6.21. The fourth-order valence-corrected chi connectivity index (χ4v) is 2.71. The first-order valence-corrected chi connectivity index (χ1v) is 7.50. The van der Waals surface area contributed by atoms with Gasteiger partial charge in [0.05, 0.1) is 11.3 Å². The molecule has 0 atom stereocenters. The van der Waals surface area contributed by atoms with Crippen molar-refractivity contribution in [2.24, 2.45) is 0 Å². The second-order valence-electron chi connectivity index (χ2n) is 4.02. The monoisotopic (exact) mass is 285 g/mol. The second kappa shape index (κ2) is 6.33. The Morgan fingerprint density at radius 3 is 2.26 bits per heavy atom. The standard InChI is InChI=1S/C12H15NO5S/c1-2-7-19(17,18)8-11(14)13-10-5-3-9(4-6-10)12(15)16/h3-6H,2,7-8H2,1H3,(H,13,14)(H,15,16). The van der Waals surface area contributed by atoms with Crippen LogP contribution in [0.4, 0.5) is 5.69 Å². The Bertz CT molecular complexity index is 562. The summed E-state index contributed by atoms with van der Waals surface area (Å²) in [4.78, 5) is 22.1. The molecule has 19 heavy (non-hydrogen) atoms. The molecular weight excluding hydrogens is 270 g/mol. The quantitative estimate of drug-likeness (QED) is 0.816. The number of carboxylic acid groups (broad SMARTS) is 1. The van der Waals surface area contributed by atoms with Gasteiger partial charge in [-0.25, -0.2) is 13.2 Å². The third-order valence-corrected chi connectivity index (χ3v) is 4.01. The predicted octanol–water partition coefficient (Wildman–Crippen LogP) is 1.15. The van der Waals surface area contributed by atoms with Crippen molar-refractivity contribution in [1.82, 2.24) is 0 Å². The maximum Gasteiger partial charge on any atom is 0.335 e. The van der Waals surface area contributed by atoms with Gasteiger partial charge in [0.25, 0.3) is 0 Å². The summed E-state index contributed by atoms with van der Waals surface area (Å²) >= 11 is 0. The van der Waals surface area contributed by atoms with E-state index >= 15 is 0 Å². The first-order chi connectivity index (χ1) is 8.84. The van der Waals surface area contributed by atoms with Gasteiger partial charge in [-0.15, -0.1) is 0 Å². The number of nitrogens with one attached hydrogen (secondary N) is 1. The van der Waals surface area contributed by atoms with Gasteiger partial charge < -0.3 is 10.4 Å². The lowest BCUT2D eigenvalue weighted by atomic mass is 10.2. The molecule has 1 aromatic rings. The van der Waals surface area contributed by atoms with E-state index in [0.29, 0.717) is 12.1 Å². The number of hydrogen-bond donors (Lipinski definition) is 2. The van der Waals surface area contributed by atoms with Gasteiger partial charge in [-0.1, -0.05) is 6.92 Å². The van der Waals surface area contributed by atoms with Gasteiger partial charge in [-0.05, 0) is 30.7 Å². The largest absolute Gasteiger partial charge is 0.478 e. The molecule has 0 spiro atoms. The molecule has 7 heteroatoms. The molecular formula is C12H15NO5S. The van der Waals surface area contributed by atoms with Crippen LogP contribution in [0.3, 0.4) is 0 Å². The normalized spacial score (nSPS) is 11.0. The van der Waals surface area contributed by atoms with Gasteiger partial charge in [0.1, 0.15) is 5.75 Å². The summed E-state index contributed by atoms with van der Waals surface area (Å²) in [6.07, 6.45) is 0.461. The zero-order chi connectivity index (χ0) is 14.5. The molecule has 1 amide bonds. The fourth-order valence-electron chi connectivity index (χ4n) is 1.48. The van der Waals surface area contributed by atoms with E-state index in [9.17, 15) is 18.0 Å². The smallest absolute Gasteiger partial charge is 0.335 e. The Morgan fingerprint density at radius 2 is 1.79 bits per heavy atom. The van der Waals surface area contributed by atoms with E-state index in [2.05, 4.69) is 5.32 Å². The van der Waals surface area contributed by atoms with E-state index in [0.717, 1.165) is 0 Å². The number of carbonyl (C=O) groups excluding carboxylic acids is 1. The predicted molar refractivity (Wildman–Crippen MR) is 71.0 cm³/mol. The first-order valence-electron chi connectivity index (χ1n) is 5.67. The molecule has 104 valence electrons.